The average Bonchev–Trinajstić information content (AvgIpc) is 3.42. The number of hydrogen-bond acceptors (Lipinski definition) is 7. The van der Waals surface area contributed by atoms with E-state index in [-0.39, 0.29) is 21.0 Å². The second-order valence-electron chi connectivity index (χ2n) is 10.6. The summed E-state index contributed by atoms with van der Waals surface area (Å²) in [6.45, 7) is 1.72. The fraction of sp³-hybridized carbons (Fsp3) is 0.212. The van der Waals surface area contributed by atoms with Gasteiger partial charge in [0.15, 0.2) is 0 Å². The number of fused-ring (bicyclic) bond motifs is 1. The van der Waals surface area contributed by atoms with Gasteiger partial charge in [0, 0.05) is 15.5 Å². The lowest BCUT2D eigenvalue weighted by Gasteiger charge is -2.22. The van der Waals surface area contributed by atoms with E-state index in [1.807, 2.05) is 18.2 Å². The number of benzene rings is 3. The van der Waals surface area contributed by atoms with Gasteiger partial charge in [0.1, 0.15) is 5.00 Å². The van der Waals surface area contributed by atoms with Gasteiger partial charge in [-0.05, 0) is 61.4 Å². The lowest BCUT2D eigenvalue weighted by molar-refractivity contribution is -0.115. The molecule has 3 N–H and O–H groups in total. The van der Waals surface area contributed by atoms with Gasteiger partial charge in [0.25, 0.3) is 5.91 Å². The number of halogens is 4. The molecule has 2 amide bonds. The summed E-state index contributed by atoms with van der Waals surface area (Å²) in [6, 6.07) is 16.9. The molecule has 2 atom stereocenters. The van der Waals surface area contributed by atoms with Crippen molar-refractivity contribution >= 4 is 104 Å². The minimum atomic E-state index is -1.51. The molecule has 0 aliphatic heterocycles. The van der Waals surface area contributed by atoms with Crippen molar-refractivity contribution in [3.8, 4) is 0 Å². The quantitative estimate of drug-likeness (QED) is 0.0674. The van der Waals surface area contributed by atoms with Crippen LogP contribution in [0.3, 0.4) is 0 Å². The van der Waals surface area contributed by atoms with Crippen molar-refractivity contribution in [3.63, 3.8) is 0 Å². The smallest absolute Gasteiger partial charge is 0.341 e. The number of carbonyl (C=O) groups is 4. The number of esters is 1. The van der Waals surface area contributed by atoms with Gasteiger partial charge in [-0.3, -0.25) is 9.59 Å². The highest BCUT2D eigenvalue weighted by atomic mass is 35.5. The average molecular weight is 753 g/mol. The van der Waals surface area contributed by atoms with Crippen LogP contribution < -0.4 is 10.6 Å². The number of thioether (sulfide) groups is 1. The van der Waals surface area contributed by atoms with E-state index in [9.17, 15) is 24.3 Å². The number of aromatic carboxylic acids is 1. The first kappa shape index (κ1) is 35.1. The molecule has 0 saturated carbocycles. The number of carbonyl (C=O) groups excluding carboxylic acids is 3. The van der Waals surface area contributed by atoms with E-state index in [0.717, 1.165) is 23.3 Å². The molecule has 0 fully saturated rings. The molecule has 3 aromatic carbocycles. The van der Waals surface area contributed by atoms with E-state index in [1.54, 1.807) is 31.2 Å². The molecular formula is C33H26Cl4N2O6S2. The molecule has 5 rings (SSSR count). The molecule has 8 nitrogen and oxygen atoms in total. The number of rotatable bonds is 9. The van der Waals surface area contributed by atoms with Crippen LogP contribution in [-0.2, 0) is 22.4 Å². The number of nitrogens with one attached hydrogen (secondary N) is 2. The van der Waals surface area contributed by atoms with Crippen molar-refractivity contribution in [2.45, 2.75) is 42.2 Å². The summed E-state index contributed by atoms with van der Waals surface area (Å²) in [6.07, 6.45) is 2.34. The maximum atomic E-state index is 13.4. The first-order valence-electron chi connectivity index (χ1n) is 14.2. The van der Waals surface area contributed by atoms with Crippen LogP contribution >= 0.6 is 69.5 Å². The second-order valence-corrected chi connectivity index (χ2v) is 14.6. The third-order valence-electron chi connectivity index (χ3n) is 7.64. The summed E-state index contributed by atoms with van der Waals surface area (Å²) in [5.41, 5.74) is 1.83. The first-order valence-corrected chi connectivity index (χ1v) is 17.4. The molecule has 1 aromatic heterocycles. The minimum absolute atomic E-state index is 0.254. The molecule has 2 unspecified atom stereocenters. The van der Waals surface area contributed by atoms with Gasteiger partial charge in [-0.2, -0.15) is 0 Å². The van der Waals surface area contributed by atoms with Crippen molar-refractivity contribution in [1.82, 2.24) is 0 Å². The number of anilines is 2. The van der Waals surface area contributed by atoms with Crippen LogP contribution in [0.2, 0.25) is 20.1 Å². The predicted octanol–water partition coefficient (Wildman–Crippen LogP) is 9.49. The minimum Gasteiger partial charge on any atom is -0.478 e. The van der Waals surface area contributed by atoms with Gasteiger partial charge in [-0.15, -0.1) is 23.1 Å². The Morgan fingerprint density at radius 1 is 0.915 bits per heavy atom. The number of methoxy groups -OCH3 is 1. The monoisotopic (exact) mass is 750 g/mol. The summed E-state index contributed by atoms with van der Waals surface area (Å²) in [5.74, 6) is -2.88. The molecule has 1 heterocycles. The first-order chi connectivity index (χ1) is 22.4. The molecule has 4 aromatic rings. The summed E-state index contributed by atoms with van der Waals surface area (Å²) in [4.78, 5) is 53.0. The zero-order valence-electron chi connectivity index (χ0n) is 24.8. The molecular weight excluding hydrogens is 726 g/mol. The van der Waals surface area contributed by atoms with Crippen molar-refractivity contribution in [3.05, 3.63) is 107 Å². The van der Waals surface area contributed by atoms with Gasteiger partial charge in [-0.1, -0.05) is 82.8 Å². The molecule has 0 bridgehead atoms. The van der Waals surface area contributed by atoms with Gasteiger partial charge in [0.05, 0.1) is 49.1 Å². The van der Waals surface area contributed by atoms with E-state index in [2.05, 4.69) is 22.8 Å². The van der Waals surface area contributed by atoms with Gasteiger partial charge in [0.2, 0.25) is 5.91 Å². The zero-order chi connectivity index (χ0) is 34.0. The Bertz CT molecular complexity index is 1900. The van der Waals surface area contributed by atoms with Crippen LogP contribution in [0.25, 0.3) is 0 Å². The second kappa shape index (κ2) is 14.9. The maximum Gasteiger partial charge on any atom is 0.341 e. The summed E-state index contributed by atoms with van der Waals surface area (Å²) < 4.78 is 5.09. The van der Waals surface area contributed by atoms with Crippen LogP contribution in [0, 0.1) is 0 Å². The summed E-state index contributed by atoms with van der Waals surface area (Å²) in [7, 11) is 1.32. The topological polar surface area (TPSA) is 122 Å². The molecule has 0 spiro atoms. The van der Waals surface area contributed by atoms with Gasteiger partial charge in [-0.25, -0.2) is 9.59 Å². The normalized spacial score (nSPS) is 14.6. The Balaban J connectivity index is 1.31. The standard InChI is InChI=1S/C33H26Cl4N2O6S2/c1-15(29(40)39-31-22(33(44)45-2)20-12-11-17(13-21(20)47-31)16-7-4-3-5-8-16)46-19-10-6-9-18(14-19)38-30(41)23-24(32(42)43)26(35)28(37)27(36)25(23)34/h3-10,14-15,17H,11-13H2,1-2H3,(H,38,41)(H,39,40)(H,42,43). The summed E-state index contributed by atoms with van der Waals surface area (Å²) in [5, 5.41) is 13.8. The third kappa shape index (κ3) is 7.43. The van der Waals surface area contributed by atoms with Crippen LogP contribution in [0.1, 0.15) is 66.3 Å². The molecule has 1 aliphatic rings. The number of carboxylic acid groups (broad SMARTS) is 1. The van der Waals surface area contributed by atoms with Gasteiger partial charge < -0.3 is 20.5 Å². The molecule has 244 valence electrons. The lowest BCUT2D eigenvalue weighted by atomic mass is 9.83. The van der Waals surface area contributed by atoms with Crippen LogP contribution in [0.4, 0.5) is 10.7 Å². The Morgan fingerprint density at radius 3 is 2.26 bits per heavy atom. The SMILES string of the molecule is COC(=O)c1c(NC(=O)C(C)Sc2cccc(NC(=O)c3c(Cl)c(Cl)c(Cl)c(Cl)c3C(=O)O)c2)sc2c1CCC(c1ccccc1)C2. The summed E-state index contributed by atoms with van der Waals surface area (Å²) >= 11 is 27.0. The lowest BCUT2D eigenvalue weighted by Crippen LogP contribution is -2.23. The Kier molecular flexibility index (Phi) is 11.1. The predicted molar refractivity (Wildman–Crippen MR) is 189 cm³/mol. The Hall–Kier alpha value is -3.25. The third-order valence-corrected chi connectivity index (χ3v) is 11.7. The number of amides is 2. The fourth-order valence-corrected chi connectivity index (χ4v) is 8.62. The Labute approximate surface area is 298 Å². The molecule has 14 heteroatoms. The number of carboxylic acids is 1. The van der Waals surface area contributed by atoms with E-state index < -0.39 is 39.2 Å². The highest BCUT2D eigenvalue weighted by Gasteiger charge is 2.32. The van der Waals surface area contributed by atoms with Crippen LogP contribution in [0.15, 0.2) is 59.5 Å². The van der Waals surface area contributed by atoms with Crippen LogP contribution in [-0.4, -0.2) is 41.2 Å². The fourth-order valence-electron chi connectivity index (χ4n) is 5.36. The number of ether oxygens (including phenoxy) is 1. The zero-order valence-corrected chi connectivity index (χ0v) is 29.4. The number of thiophene rings is 1. The largest absolute Gasteiger partial charge is 0.478 e. The van der Waals surface area contributed by atoms with E-state index >= 15 is 0 Å². The van der Waals surface area contributed by atoms with E-state index in [1.165, 1.54) is 35.8 Å². The molecule has 0 radical (unpaired) electrons. The molecule has 1 aliphatic carbocycles. The van der Waals surface area contributed by atoms with Crippen molar-refractivity contribution in [2.75, 3.05) is 17.7 Å². The van der Waals surface area contributed by atoms with Crippen molar-refractivity contribution < 1.29 is 29.0 Å². The van der Waals surface area contributed by atoms with Crippen molar-refractivity contribution in [1.29, 1.82) is 0 Å². The molecule has 47 heavy (non-hydrogen) atoms. The maximum absolute atomic E-state index is 13.4. The molecule has 0 saturated heterocycles. The highest BCUT2D eigenvalue weighted by Crippen LogP contribution is 2.44. The Morgan fingerprint density at radius 2 is 1.60 bits per heavy atom. The van der Waals surface area contributed by atoms with E-state index in [4.69, 9.17) is 51.1 Å². The number of hydrogen-bond donors (Lipinski definition) is 3. The van der Waals surface area contributed by atoms with Crippen LogP contribution in [0.5, 0.6) is 0 Å². The van der Waals surface area contributed by atoms with Crippen molar-refractivity contribution in [2.24, 2.45) is 0 Å². The highest BCUT2D eigenvalue weighted by molar-refractivity contribution is 8.00. The van der Waals surface area contributed by atoms with Gasteiger partial charge >= 0.3 is 11.9 Å². The van der Waals surface area contributed by atoms with E-state index in [0.29, 0.717) is 33.5 Å².